The molecule has 0 aliphatic carbocycles. The second-order valence-electron chi connectivity index (χ2n) is 6.35. The van der Waals surface area contributed by atoms with E-state index in [0.717, 1.165) is 11.1 Å². The van der Waals surface area contributed by atoms with Crippen molar-refractivity contribution in [2.45, 2.75) is 19.4 Å². The fourth-order valence-electron chi connectivity index (χ4n) is 2.73. The molecule has 0 unspecified atom stereocenters. The normalized spacial score (nSPS) is 11.5. The van der Waals surface area contributed by atoms with Crippen LogP contribution in [0.5, 0.6) is 11.5 Å². The zero-order chi connectivity index (χ0) is 21.8. The van der Waals surface area contributed by atoms with Gasteiger partial charge in [0.25, 0.3) is 0 Å². The van der Waals surface area contributed by atoms with Gasteiger partial charge in [0.15, 0.2) is 11.5 Å². The minimum absolute atomic E-state index is 0.246. The van der Waals surface area contributed by atoms with Gasteiger partial charge in [-0.05, 0) is 36.3 Å². The summed E-state index contributed by atoms with van der Waals surface area (Å²) in [6, 6.07) is 14.0. The first-order valence-electron chi connectivity index (χ1n) is 9.68. The Hall–Kier alpha value is -3.54. The maximum absolute atomic E-state index is 12.4. The van der Waals surface area contributed by atoms with Gasteiger partial charge in [0.2, 0.25) is 5.91 Å². The number of nitrogens with one attached hydrogen (secondary N) is 1. The van der Waals surface area contributed by atoms with E-state index in [1.54, 1.807) is 44.4 Å². The second kappa shape index (κ2) is 12.1. The predicted octanol–water partition coefficient (Wildman–Crippen LogP) is 3.56. The van der Waals surface area contributed by atoms with E-state index in [2.05, 4.69) is 11.9 Å². The van der Waals surface area contributed by atoms with E-state index in [1.165, 1.54) is 6.08 Å². The minimum atomic E-state index is -0.770. The number of hydrogen-bond acceptors (Lipinski definition) is 5. The maximum Gasteiger partial charge on any atom is 0.328 e. The molecule has 2 aromatic rings. The Kier molecular flexibility index (Phi) is 9.18. The number of benzene rings is 2. The SMILES string of the molecule is C=CCOc1ccc(/C=C/C(=O)N[C@H](Cc2ccccc2)C(=O)OCC)cc1OC. The topological polar surface area (TPSA) is 73.9 Å². The molecular weight excluding hydrogens is 382 g/mol. The summed E-state index contributed by atoms with van der Waals surface area (Å²) in [6.45, 7) is 5.96. The van der Waals surface area contributed by atoms with Crippen LogP contribution < -0.4 is 14.8 Å². The van der Waals surface area contributed by atoms with Crippen LogP contribution >= 0.6 is 0 Å². The van der Waals surface area contributed by atoms with Crippen molar-refractivity contribution in [1.29, 1.82) is 0 Å². The molecule has 2 rings (SSSR count). The lowest BCUT2D eigenvalue weighted by Gasteiger charge is -2.16. The molecule has 158 valence electrons. The van der Waals surface area contributed by atoms with Crippen LogP contribution in [0.2, 0.25) is 0 Å². The van der Waals surface area contributed by atoms with Crippen molar-refractivity contribution >= 4 is 18.0 Å². The summed E-state index contributed by atoms with van der Waals surface area (Å²) in [5.74, 6) is 0.278. The zero-order valence-corrected chi connectivity index (χ0v) is 17.3. The first-order chi connectivity index (χ1) is 14.6. The molecule has 6 heteroatoms. The summed E-state index contributed by atoms with van der Waals surface area (Å²) in [4.78, 5) is 24.7. The van der Waals surface area contributed by atoms with Crippen LogP contribution in [0.4, 0.5) is 0 Å². The van der Waals surface area contributed by atoms with Gasteiger partial charge in [0.1, 0.15) is 12.6 Å². The third-order valence-corrected chi connectivity index (χ3v) is 4.14. The second-order valence-corrected chi connectivity index (χ2v) is 6.35. The largest absolute Gasteiger partial charge is 0.493 e. The number of amides is 1. The van der Waals surface area contributed by atoms with Crippen LogP contribution in [0, 0.1) is 0 Å². The molecule has 6 nitrogen and oxygen atoms in total. The van der Waals surface area contributed by atoms with Crippen molar-refractivity contribution in [1.82, 2.24) is 5.32 Å². The van der Waals surface area contributed by atoms with Crippen LogP contribution in [-0.2, 0) is 20.7 Å². The quantitative estimate of drug-likeness (QED) is 0.349. The number of esters is 1. The molecule has 30 heavy (non-hydrogen) atoms. The summed E-state index contributed by atoms with van der Waals surface area (Å²) in [7, 11) is 1.55. The fraction of sp³-hybridized carbons (Fsp3) is 0.250. The van der Waals surface area contributed by atoms with Crippen molar-refractivity contribution in [3.63, 3.8) is 0 Å². The van der Waals surface area contributed by atoms with Gasteiger partial charge in [-0.3, -0.25) is 4.79 Å². The fourth-order valence-corrected chi connectivity index (χ4v) is 2.73. The van der Waals surface area contributed by atoms with Gasteiger partial charge in [-0.25, -0.2) is 4.79 Å². The summed E-state index contributed by atoms with van der Waals surface area (Å²) in [5.41, 5.74) is 1.68. The molecule has 0 fully saturated rings. The molecule has 1 N–H and O–H groups in total. The van der Waals surface area contributed by atoms with Crippen LogP contribution in [0.15, 0.2) is 67.3 Å². The van der Waals surface area contributed by atoms with E-state index >= 15 is 0 Å². The Labute approximate surface area is 177 Å². The summed E-state index contributed by atoms with van der Waals surface area (Å²) in [5, 5.41) is 2.72. The third-order valence-electron chi connectivity index (χ3n) is 4.14. The number of carbonyl (C=O) groups excluding carboxylic acids is 2. The van der Waals surface area contributed by atoms with Crippen LogP contribution in [-0.4, -0.2) is 38.2 Å². The Bertz CT molecular complexity index is 876. The zero-order valence-electron chi connectivity index (χ0n) is 17.3. The molecule has 1 amide bonds. The first-order valence-corrected chi connectivity index (χ1v) is 9.68. The Morgan fingerprint density at radius 3 is 2.57 bits per heavy atom. The molecule has 0 saturated heterocycles. The van der Waals surface area contributed by atoms with Gasteiger partial charge in [0.05, 0.1) is 13.7 Å². The third kappa shape index (κ3) is 7.13. The standard InChI is InChI=1S/C24H27NO5/c1-4-15-30-21-13-11-19(17-22(21)28-3)12-14-23(26)25-20(24(27)29-5-2)16-18-9-7-6-8-10-18/h4,6-14,17,20H,1,5,15-16H2,2-3H3,(H,25,26)/b14-12+/t20-/m1/s1. The molecule has 0 spiro atoms. The molecular formula is C24H27NO5. The predicted molar refractivity (Wildman–Crippen MR) is 116 cm³/mol. The van der Waals surface area contributed by atoms with E-state index in [0.29, 0.717) is 24.5 Å². The summed E-state index contributed by atoms with van der Waals surface area (Å²) >= 11 is 0. The van der Waals surface area contributed by atoms with Gasteiger partial charge in [-0.2, -0.15) is 0 Å². The average Bonchev–Trinajstić information content (AvgIpc) is 2.77. The summed E-state index contributed by atoms with van der Waals surface area (Å²) < 4.78 is 15.9. The Balaban J connectivity index is 2.07. The number of methoxy groups -OCH3 is 1. The van der Waals surface area contributed by atoms with Crippen molar-refractivity contribution in [2.75, 3.05) is 20.3 Å². The van der Waals surface area contributed by atoms with Crippen LogP contribution in [0.3, 0.4) is 0 Å². The number of rotatable bonds is 11. The molecule has 1 atom stereocenters. The lowest BCUT2D eigenvalue weighted by Crippen LogP contribution is -2.42. The van der Waals surface area contributed by atoms with Crippen LogP contribution in [0.1, 0.15) is 18.1 Å². The van der Waals surface area contributed by atoms with Crippen molar-refractivity contribution in [3.05, 3.63) is 78.4 Å². The highest BCUT2D eigenvalue weighted by molar-refractivity contribution is 5.94. The lowest BCUT2D eigenvalue weighted by atomic mass is 10.1. The molecule has 0 bridgehead atoms. The van der Waals surface area contributed by atoms with Gasteiger partial charge in [-0.1, -0.05) is 49.1 Å². The van der Waals surface area contributed by atoms with E-state index in [1.807, 2.05) is 30.3 Å². The minimum Gasteiger partial charge on any atom is -0.493 e. The van der Waals surface area contributed by atoms with Gasteiger partial charge >= 0.3 is 5.97 Å². The van der Waals surface area contributed by atoms with E-state index in [4.69, 9.17) is 14.2 Å². The lowest BCUT2D eigenvalue weighted by molar-refractivity contribution is -0.146. The molecule has 0 aliphatic heterocycles. The molecule has 0 aliphatic rings. The van der Waals surface area contributed by atoms with E-state index < -0.39 is 17.9 Å². The summed E-state index contributed by atoms with van der Waals surface area (Å²) in [6.07, 6.45) is 5.01. The molecule has 0 aromatic heterocycles. The molecule has 0 heterocycles. The highest BCUT2D eigenvalue weighted by Gasteiger charge is 2.21. The van der Waals surface area contributed by atoms with Gasteiger partial charge in [0, 0.05) is 12.5 Å². The van der Waals surface area contributed by atoms with Crippen molar-refractivity contribution in [3.8, 4) is 11.5 Å². The van der Waals surface area contributed by atoms with Gasteiger partial charge in [-0.15, -0.1) is 0 Å². The highest BCUT2D eigenvalue weighted by Crippen LogP contribution is 2.28. The van der Waals surface area contributed by atoms with Gasteiger partial charge < -0.3 is 19.5 Å². The smallest absolute Gasteiger partial charge is 0.328 e. The van der Waals surface area contributed by atoms with E-state index in [-0.39, 0.29) is 6.61 Å². The maximum atomic E-state index is 12.4. The molecule has 0 radical (unpaired) electrons. The Morgan fingerprint density at radius 2 is 1.90 bits per heavy atom. The van der Waals surface area contributed by atoms with Crippen molar-refractivity contribution in [2.24, 2.45) is 0 Å². The molecule has 0 saturated carbocycles. The van der Waals surface area contributed by atoms with Crippen LogP contribution in [0.25, 0.3) is 6.08 Å². The Morgan fingerprint density at radius 1 is 1.13 bits per heavy atom. The number of hydrogen-bond donors (Lipinski definition) is 1. The van der Waals surface area contributed by atoms with Crippen molar-refractivity contribution < 1.29 is 23.8 Å². The first kappa shape index (κ1) is 22.7. The average molecular weight is 409 g/mol. The number of ether oxygens (including phenoxy) is 3. The molecule has 2 aromatic carbocycles. The van der Waals surface area contributed by atoms with E-state index in [9.17, 15) is 9.59 Å². The number of carbonyl (C=O) groups is 2. The monoisotopic (exact) mass is 409 g/mol. The highest BCUT2D eigenvalue weighted by atomic mass is 16.5.